The molecule has 0 spiro atoms. The summed E-state index contributed by atoms with van der Waals surface area (Å²) in [7, 11) is -2.16. The second-order valence-electron chi connectivity index (χ2n) is 17.6. The predicted molar refractivity (Wildman–Crippen MR) is 200 cm³/mol. The molecule has 0 aliphatic carbocycles. The highest BCUT2D eigenvalue weighted by Gasteiger charge is 2.63. The maximum absolute atomic E-state index is 2.76. The first-order valence-electron chi connectivity index (χ1n) is 17.5. The lowest BCUT2D eigenvalue weighted by Crippen LogP contribution is -2.61. The van der Waals surface area contributed by atoms with Gasteiger partial charge in [-0.3, -0.25) is 8.29 Å². The highest BCUT2D eigenvalue weighted by atomic mass is 32.4. The smallest absolute Gasteiger partial charge is 0.0213 e. The number of hydrogen-bond acceptors (Lipinski definition) is 0. The van der Waals surface area contributed by atoms with Crippen molar-refractivity contribution in [2.75, 3.05) is 17.8 Å². The normalized spacial score (nSPS) is 14.9. The molecule has 1 heteroatoms. The van der Waals surface area contributed by atoms with Crippen LogP contribution in [0.25, 0.3) is 0 Å². The van der Waals surface area contributed by atoms with E-state index in [1.807, 2.05) is 0 Å². The van der Waals surface area contributed by atoms with Crippen LogP contribution >= 0.6 is 8.29 Å². The molecule has 0 aliphatic heterocycles. The van der Waals surface area contributed by atoms with E-state index in [2.05, 4.69) is 152 Å². The van der Waals surface area contributed by atoms with Crippen LogP contribution in [0.15, 0.2) is 0 Å². The molecule has 41 heavy (non-hydrogen) atoms. The minimum absolute atomic E-state index is 0.588. The molecule has 1 aromatic carbocycles. The molecule has 0 aliphatic rings. The van der Waals surface area contributed by atoms with Crippen molar-refractivity contribution in [3.8, 4) is 0 Å². The van der Waals surface area contributed by atoms with Gasteiger partial charge in [-0.05, 0) is 115 Å². The molecule has 0 bridgehead atoms. The van der Waals surface area contributed by atoms with Crippen LogP contribution in [0.3, 0.4) is 0 Å². The second kappa shape index (κ2) is 14.1. The van der Waals surface area contributed by atoms with Gasteiger partial charge >= 0.3 is 0 Å². The summed E-state index contributed by atoms with van der Waals surface area (Å²) in [4.78, 5) is 0. The maximum Gasteiger partial charge on any atom is -0.0213 e. The SMILES string of the molecule is CC(C)CS(C)(CC(C)C)(C(C)C)(C(C)C)C(C)C.Cc1c(C(C)C)c(C(C)C)c(C(C)C)c(C(C)C)c1C(C)C. The molecule has 0 amide bonds. The van der Waals surface area contributed by atoms with Crippen molar-refractivity contribution in [1.29, 1.82) is 0 Å². The van der Waals surface area contributed by atoms with E-state index < -0.39 is 8.29 Å². The Bertz CT molecular complexity index is 896. The molecule has 0 N–H and O–H groups in total. The van der Waals surface area contributed by atoms with E-state index in [0.717, 1.165) is 27.6 Å². The van der Waals surface area contributed by atoms with Crippen LogP contribution in [-0.2, 0) is 0 Å². The Morgan fingerprint density at radius 1 is 0.366 bits per heavy atom. The van der Waals surface area contributed by atoms with E-state index >= 15 is 0 Å². The lowest BCUT2D eigenvalue weighted by Gasteiger charge is -2.87. The van der Waals surface area contributed by atoms with Gasteiger partial charge in [0, 0.05) is 0 Å². The van der Waals surface area contributed by atoms with Crippen molar-refractivity contribution in [2.24, 2.45) is 11.8 Å². The highest BCUT2D eigenvalue weighted by Crippen LogP contribution is 2.95. The maximum atomic E-state index is 2.76. The summed E-state index contributed by atoms with van der Waals surface area (Å²) in [6.45, 7) is 50.8. The summed E-state index contributed by atoms with van der Waals surface area (Å²) in [5, 5.41) is 2.39. The van der Waals surface area contributed by atoms with Gasteiger partial charge in [-0.15, -0.1) is 0 Å². The number of rotatable bonds is 12. The third-order valence-electron chi connectivity index (χ3n) is 11.7. The van der Waals surface area contributed by atoms with Crippen LogP contribution in [0.2, 0.25) is 0 Å². The first kappa shape index (κ1) is 40.6. The topological polar surface area (TPSA) is 0 Å². The predicted octanol–water partition coefficient (Wildman–Crippen LogP) is 13.6. The summed E-state index contributed by atoms with van der Waals surface area (Å²) in [6, 6.07) is 0. The lowest BCUT2D eigenvalue weighted by atomic mass is 9.72. The van der Waals surface area contributed by atoms with Crippen LogP contribution in [0.5, 0.6) is 0 Å². The fraction of sp³-hybridized carbons (Fsp3) is 0.850. The van der Waals surface area contributed by atoms with Gasteiger partial charge in [0.25, 0.3) is 0 Å². The zero-order valence-electron chi connectivity index (χ0n) is 32.6. The minimum atomic E-state index is -2.16. The van der Waals surface area contributed by atoms with Gasteiger partial charge in [0.05, 0.1) is 0 Å². The first-order valence-corrected chi connectivity index (χ1v) is 20.9. The molecule has 0 saturated heterocycles. The average Bonchev–Trinajstić information content (AvgIpc) is 2.76. The Morgan fingerprint density at radius 2 is 0.561 bits per heavy atom. The summed E-state index contributed by atoms with van der Waals surface area (Å²) in [5.41, 5.74) is 9.70. The summed E-state index contributed by atoms with van der Waals surface area (Å²) in [6.07, 6.45) is 2.76. The van der Waals surface area contributed by atoms with E-state index in [9.17, 15) is 0 Å². The van der Waals surface area contributed by atoms with Crippen LogP contribution in [0.1, 0.15) is 201 Å². The van der Waals surface area contributed by atoms with Crippen molar-refractivity contribution >= 4 is 8.29 Å². The van der Waals surface area contributed by atoms with Crippen LogP contribution in [0, 0.1) is 18.8 Å². The van der Waals surface area contributed by atoms with Gasteiger partial charge < -0.3 is 0 Å². The summed E-state index contributed by atoms with van der Waals surface area (Å²) < 4.78 is 0. The van der Waals surface area contributed by atoms with E-state index in [1.54, 1.807) is 33.4 Å². The number of benzene rings is 1. The van der Waals surface area contributed by atoms with Crippen LogP contribution in [-0.4, -0.2) is 33.5 Å². The van der Waals surface area contributed by atoms with E-state index in [1.165, 1.54) is 11.5 Å². The van der Waals surface area contributed by atoms with Crippen molar-refractivity contribution < 1.29 is 0 Å². The Kier molecular flexibility index (Phi) is 14.0. The molecule has 0 atom stereocenters. The molecule has 1 rings (SSSR count). The van der Waals surface area contributed by atoms with Crippen LogP contribution in [0.4, 0.5) is 0 Å². The highest BCUT2D eigenvalue weighted by molar-refractivity contribution is 8.65. The molecular formula is C40H80S. The molecular weight excluding hydrogens is 513 g/mol. The van der Waals surface area contributed by atoms with Gasteiger partial charge in [0.15, 0.2) is 0 Å². The standard InChI is InChI=1S/C22H38.C18H42S/c1-12(2)18-17(11)19(13(3)4)21(15(7)8)22(16(9)10)20(18)14(5)6;1-14(2)12-19(11,16(5)6,17(7)8,18(9)10)13-15(3)4/h12-16H,1-11H3;14-18H,12-13H2,1-11H3. The van der Waals surface area contributed by atoms with E-state index in [0.29, 0.717) is 29.6 Å². The molecule has 0 heterocycles. The summed E-state index contributed by atoms with van der Waals surface area (Å²) in [5.74, 6) is 7.40. The fourth-order valence-electron chi connectivity index (χ4n) is 9.49. The average molecular weight is 593 g/mol. The van der Waals surface area contributed by atoms with Gasteiger partial charge in [-0.1, -0.05) is 138 Å². The van der Waals surface area contributed by atoms with Crippen molar-refractivity contribution in [3.05, 3.63) is 33.4 Å². The van der Waals surface area contributed by atoms with Gasteiger partial charge in [0.1, 0.15) is 0 Å². The molecule has 0 unspecified atom stereocenters. The molecule has 0 aromatic heterocycles. The second-order valence-corrected chi connectivity index (χ2v) is 26.9. The Hall–Kier alpha value is -0.430. The molecule has 246 valence electrons. The molecule has 1 aromatic rings. The number of hydrogen-bond donors (Lipinski definition) is 0. The largest absolute Gasteiger partial charge is 0.270 e. The molecule has 0 radical (unpaired) electrons. The molecule has 0 fully saturated rings. The van der Waals surface area contributed by atoms with Crippen molar-refractivity contribution in [2.45, 2.75) is 191 Å². The van der Waals surface area contributed by atoms with Gasteiger partial charge in [-0.2, -0.15) is 0 Å². The quantitative estimate of drug-likeness (QED) is 0.226. The first-order chi connectivity index (χ1) is 18.3. The van der Waals surface area contributed by atoms with E-state index in [-0.39, 0.29) is 0 Å². The van der Waals surface area contributed by atoms with Gasteiger partial charge in [-0.25, -0.2) is 0 Å². The van der Waals surface area contributed by atoms with Crippen LogP contribution < -0.4 is 0 Å². The summed E-state index contributed by atoms with van der Waals surface area (Å²) >= 11 is 0. The van der Waals surface area contributed by atoms with E-state index in [4.69, 9.17) is 0 Å². The Balaban J connectivity index is 0.000000790. The van der Waals surface area contributed by atoms with Crippen molar-refractivity contribution in [1.82, 2.24) is 0 Å². The minimum Gasteiger partial charge on any atom is -0.270 e. The molecule has 0 nitrogen and oxygen atoms in total. The zero-order valence-corrected chi connectivity index (χ0v) is 33.4. The fourth-order valence-corrected chi connectivity index (χ4v) is 19.8. The Labute approximate surface area is 261 Å². The molecule has 0 saturated carbocycles. The monoisotopic (exact) mass is 593 g/mol. The zero-order chi connectivity index (χ0) is 33.1. The third-order valence-corrected chi connectivity index (χ3v) is 25.4. The lowest BCUT2D eigenvalue weighted by molar-refractivity contribution is 0.671. The van der Waals surface area contributed by atoms with Crippen molar-refractivity contribution in [3.63, 3.8) is 0 Å². The third kappa shape index (κ3) is 7.28. The van der Waals surface area contributed by atoms with Gasteiger partial charge in [0.2, 0.25) is 0 Å². The Morgan fingerprint density at radius 3 is 0.707 bits per heavy atom.